The molecule has 0 atom stereocenters. The fraction of sp³-hybridized carbons (Fsp3) is 0.0980. The summed E-state index contributed by atoms with van der Waals surface area (Å²) in [6, 6.07) is 51.9. The summed E-state index contributed by atoms with van der Waals surface area (Å²) in [6.45, 7) is 4.80. The molecule has 0 N–H and O–H groups in total. The highest BCUT2D eigenvalue weighted by atomic mass is 32.1. The summed E-state index contributed by atoms with van der Waals surface area (Å²) >= 11 is 1.89. The maximum Gasteiger partial charge on any atom is 0.136 e. The molecule has 0 fully saturated rings. The Morgan fingerprint density at radius 2 is 1.23 bits per heavy atom. The van der Waals surface area contributed by atoms with Crippen LogP contribution in [0.2, 0.25) is 0 Å². The smallest absolute Gasteiger partial charge is 0.136 e. The van der Waals surface area contributed by atoms with E-state index in [1.807, 2.05) is 17.4 Å². The molecule has 0 saturated heterocycles. The van der Waals surface area contributed by atoms with E-state index in [-0.39, 0.29) is 5.41 Å². The lowest BCUT2D eigenvalue weighted by Crippen LogP contribution is -2.17. The molecule has 2 aliphatic carbocycles. The van der Waals surface area contributed by atoms with E-state index in [2.05, 4.69) is 153 Å². The number of fused-ring (bicyclic) bond motifs is 12. The molecule has 0 unspecified atom stereocenters. The van der Waals surface area contributed by atoms with Gasteiger partial charge in [0, 0.05) is 41.7 Å². The molecule has 1 nitrogen and oxygen atoms in total. The Balaban J connectivity index is 1.07. The van der Waals surface area contributed by atoms with Crippen LogP contribution in [0.1, 0.15) is 43.4 Å². The van der Waals surface area contributed by atoms with Crippen molar-refractivity contribution in [1.29, 1.82) is 0 Å². The van der Waals surface area contributed by atoms with E-state index < -0.39 is 0 Å². The Bertz CT molecular complexity index is 3250. The summed E-state index contributed by atoms with van der Waals surface area (Å²) < 4.78 is 8.96. The van der Waals surface area contributed by atoms with Crippen LogP contribution in [-0.2, 0) is 5.41 Å². The molecule has 0 radical (unpaired) electrons. The number of hydrogen-bond acceptors (Lipinski definition) is 2. The molecule has 10 aromatic rings. The van der Waals surface area contributed by atoms with Crippen molar-refractivity contribution in [1.82, 2.24) is 0 Å². The molecule has 0 amide bonds. The number of rotatable bonds is 2. The van der Waals surface area contributed by atoms with Crippen LogP contribution in [-0.4, -0.2) is 0 Å². The van der Waals surface area contributed by atoms with Gasteiger partial charge in [-0.2, -0.15) is 0 Å². The van der Waals surface area contributed by atoms with Gasteiger partial charge in [-0.25, -0.2) is 0 Å². The van der Waals surface area contributed by atoms with Crippen LogP contribution >= 0.6 is 11.3 Å². The number of thiophene rings is 1. The third kappa shape index (κ3) is 4.02. The van der Waals surface area contributed by atoms with Gasteiger partial charge in [0.15, 0.2) is 0 Å². The standard InChI is InChI=1S/C51H34OS/c1-51(2)43-17-9-7-11-32(43)33-22-20-31(27-44(33)51)49-37-15-5-3-13-35(37)48(36-14-4-6-16-38(36)49)30-21-24-47-42(26-30)39-23-19-29-25-41-34-12-8-10-18-45(34)52-46(41)28-40(29)50(39)53-47/h3-19,21,23-28H,20,22H2,1-2H3. The minimum Gasteiger partial charge on any atom is -0.456 e. The highest BCUT2D eigenvalue weighted by molar-refractivity contribution is 7.26. The van der Waals surface area contributed by atoms with Gasteiger partial charge in [-0.05, 0) is 115 Å². The van der Waals surface area contributed by atoms with Crippen molar-refractivity contribution in [3.05, 3.63) is 168 Å². The Hall–Kier alpha value is -5.96. The van der Waals surface area contributed by atoms with Gasteiger partial charge in [-0.15, -0.1) is 11.3 Å². The molecule has 2 aliphatic rings. The Morgan fingerprint density at radius 3 is 2.02 bits per heavy atom. The fourth-order valence-electron chi connectivity index (χ4n) is 9.92. The largest absolute Gasteiger partial charge is 0.456 e. The average molecular weight is 695 g/mol. The molecule has 53 heavy (non-hydrogen) atoms. The minimum atomic E-state index is -0.00867. The molecular weight excluding hydrogens is 661 g/mol. The quantitative estimate of drug-likeness (QED) is 0.164. The highest BCUT2D eigenvalue weighted by Gasteiger charge is 2.38. The van der Waals surface area contributed by atoms with Crippen LogP contribution in [0.5, 0.6) is 0 Å². The molecule has 0 spiro atoms. The first kappa shape index (κ1) is 29.6. The van der Waals surface area contributed by atoms with E-state index in [4.69, 9.17) is 4.42 Å². The summed E-state index contributed by atoms with van der Waals surface area (Å²) in [5.74, 6) is 0. The van der Waals surface area contributed by atoms with Crippen molar-refractivity contribution in [2.24, 2.45) is 0 Å². The van der Waals surface area contributed by atoms with Gasteiger partial charge >= 0.3 is 0 Å². The SMILES string of the molecule is CC1(C)C2=C(CCC(c3c4ccccc4c(-c4ccc5sc6c7cc8oc9ccccc9c8cc7ccc6c5c4)c4ccccc34)=C2)c2ccccc21. The van der Waals surface area contributed by atoms with Crippen LogP contribution < -0.4 is 0 Å². The second-order valence-corrected chi connectivity index (χ2v) is 16.5. The van der Waals surface area contributed by atoms with Crippen molar-refractivity contribution >= 4 is 96.9 Å². The zero-order valence-electron chi connectivity index (χ0n) is 29.6. The molecular formula is C51H34OS. The lowest BCUT2D eigenvalue weighted by atomic mass is 9.76. The first-order valence-electron chi connectivity index (χ1n) is 18.7. The Morgan fingerprint density at radius 1 is 0.528 bits per heavy atom. The molecule has 2 aromatic heterocycles. The fourth-order valence-corrected chi connectivity index (χ4v) is 11.1. The van der Waals surface area contributed by atoms with Crippen molar-refractivity contribution in [3.8, 4) is 11.1 Å². The molecule has 2 heteroatoms. The Labute approximate surface area is 311 Å². The van der Waals surface area contributed by atoms with Crippen LogP contribution in [0.4, 0.5) is 0 Å². The van der Waals surface area contributed by atoms with Crippen LogP contribution in [0, 0.1) is 0 Å². The normalized spacial score (nSPS) is 15.4. The predicted molar refractivity (Wildman–Crippen MR) is 228 cm³/mol. The molecule has 2 heterocycles. The van der Waals surface area contributed by atoms with E-state index >= 15 is 0 Å². The average Bonchev–Trinajstić information content (AvgIpc) is 3.83. The maximum absolute atomic E-state index is 6.34. The summed E-state index contributed by atoms with van der Waals surface area (Å²) in [4.78, 5) is 0. The molecule has 8 aromatic carbocycles. The molecule has 250 valence electrons. The number of para-hydroxylation sites is 1. The van der Waals surface area contributed by atoms with Crippen LogP contribution in [0.15, 0.2) is 156 Å². The maximum atomic E-state index is 6.34. The summed E-state index contributed by atoms with van der Waals surface area (Å²) in [5.41, 5.74) is 13.2. The zero-order valence-corrected chi connectivity index (χ0v) is 30.4. The van der Waals surface area contributed by atoms with E-state index in [1.165, 1.54) is 108 Å². The highest BCUT2D eigenvalue weighted by Crippen LogP contribution is 2.54. The van der Waals surface area contributed by atoms with Gasteiger partial charge < -0.3 is 4.42 Å². The third-order valence-electron chi connectivity index (χ3n) is 12.4. The molecule has 0 aliphatic heterocycles. The zero-order chi connectivity index (χ0) is 35.0. The minimum absolute atomic E-state index is 0.00867. The van der Waals surface area contributed by atoms with E-state index in [9.17, 15) is 0 Å². The van der Waals surface area contributed by atoms with Crippen LogP contribution in [0.25, 0.3) is 96.7 Å². The van der Waals surface area contributed by atoms with Gasteiger partial charge in [-0.3, -0.25) is 0 Å². The third-order valence-corrected chi connectivity index (χ3v) is 13.6. The topological polar surface area (TPSA) is 13.1 Å². The van der Waals surface area contributed by atoms with Gasteiger partial charge in [0.2, 0.25) is 0 Å². The summed E-state index contributed by atoms with van der Waals surface area (Å²) in [5, 5.41) is 12.8. The monoisotopic (exact) mass is 694 g/mol. The lowest BCUT2D eigenvalue weighted by molar-refractivity contribution is 0.652. The number of hydrogen-bond donors (Lipinski definition) is 0. The van der Waals surface area contributed by atoms with Gasteiger partial charge in [0.05, 0.1) is 0 Å². The summed E-state index contributed by atoms with van der Waals surface area (Å²) in [7, 11) is 0. The van der Waals surface area contributed by atoms with E-state index in [0.717, 1.165) is 24.0 Å². The molecule has 0 bridgehead atoms. The van der Waals surface area contributed by atoms with Gasteiger partial charge in [0.1, 0.15) is 11.2 Å². The Kier molecular flexibility index (Phi) is 5.90. The van der Waals surface area contributed by atoms with E-state index in [1.54, 1.807) is 0 Å². The van der Waals surface area contributed by atoms with E-state index in [0.29, 0.717) is 0 Å². The van der Waals surface area contributed by atoms with Crippen molar-refractivity contribution in [2.45, 2.75) is 32.1 Å². The number of furan rings is 1. The second kappa shape index (κ2) is 10.6. The van der Waals surface area contributed by atoms with Gasteiger partial charge in [-0.1, -0.05) is 129 Å². The number of benzene rings is 8. The van der Waals surface area contributed by atoms with Crippen molar-refractivity contribution in [2.75, 3.05) is 0 Å². The van der Waals surface area contributed by atoms with Crippen molar-refractivity contribution in [3.63, 3.8) is 0 Å². The van der Waals surface area contributed by atoms with Crippen molar-refractivity contribution < 1.29 is 4.42 Å². The summed E-state index contributed by atoms with van der Waals surface area (Å²) in [6.07, 6.45) is 4.67. The predicted octanol–water partition coefficient (Wildman–Crippen LogP) is 15.0. The van der Waals surface area contributed by atoms with Crippen LogP contribution in [0.3, 0.4) is 0 Å². The second-order valence-electron chi connectivity index (χ2n) is 15.5. The molecule has 12 rings (SSSR count). The lowest BCUT2D eigenvalue weighted by Gasteiger charge is -2.27. The first-order chi connectivity index (χ1) is 26.0. The number of allylic oxidation sites excluding steroid dienone is 4. The first-order valence-corrected chi connectivity index (χ1v) is 19.5. The van der Waals surface area contributed by atoms with Gasteiger partial charge in [0.25, 0.3) is 0 Å². The molecule has 0 saturated carbocycles.